The molecular weight excluding hydrogens is 366 g/mol. The molecule has 28 heavy (non-hydrogen) atoms. The maximum Gasteiger partial charge on any atom is 0.341 e. The smallest absolute Gasteiger partial charge is 0.341 e. The van der Waals surface area contributed by atoms with E-state index in [1.165, 1.54) is 16.8 Å². The van der Waals surface area contributed by atoms with Crippen LogP contribution in [0.1, 0.15) is 28.8 Å². The maximum absolute atomic E-state index is 14.7. The Bertz CT molecular complexity index is 1130. The number of pyridine rings is 1. The Morgan fingerprint density at radius 3 is 2.46 bits per heavy atom. The second kappa shape index (κ2) is 7.07. The van der Waals surface area contributed by atoms with Gasteiger partial charge in [-0.2, -0.15) is 0 Å². The van der Waals surface area contributed by atoms with Crippen molar-refractivity contribution < 1.29 is 18.7 Å². The van der Waals surface area contributed by atoms with Crippen molar-refractivity contribution in [2.24, 2.45) is 0 Å². The lowest BCUT2D eigenvalue weighted by Gasteiger charge is -2.20. The highest BCUT2D eigenvalue weighted by molar-refractivity contribution is 5.93. The van der Waals surface area contributed by atoms with E-state index in [-0.39, 0.29) is 11.9 Å². The van der Waals surface area contributed by atoms with Crippen LogP contribution < -0.4 is 10.3 Å². The molecule has 4 rings (SSSR count). The number of aromatic nitrogens is 1. The molecule has 1 aliphatic rings. The Morgan fingerprint density at radius 2 is 1.79 bits per heavy atom. The van der Waals surface area contributed by atoms with Crippen molar-refractivity contribution in [1.29, 1.82) is 0 Å². The molecule has 0 radical (unpaired) electrons. The topological polar surface area (TPSA) is 62.5 Å². The Morgan fingerprint density at radius 1 is 1.07 bits per heavy atom. The number of nitrogens with zero attached hydrogens (tertiary/aromatic N) is 2. The van der Waals surface area contributed by atoms with Crippen molar-refractivity contribution in [2.75, 3.05) is 18.0 Å². The zero-order valence-corrected chi connectivity index (χ0v) is 15.0. The summed E-state index contributed by atoms with van der Waals surface area (Å²) in [6.45, 7) is 1.45. The van der Waals surface area contributed by atoms with Gasteiger partial charge < -0.3 is 14.6 Å². The molecule has 0 amide bonds. The zero-order chi connectivity index (χ0) is 19.8. The molecule has 2 heterocycles. The molecule has 5 nitrogen and oxygen atoms in total. The number of rotatable bonds is 4. The maximum atomic E-state index is 14.7. The molecule has 0 atom stereocenters. The molecule has 3 aromatic rings. The highest BCUT2D eigenvalue weighted by atomic mass is 19.1. The van der Waals surface area contributed by atoms with Gasteiger partial charge in [-0.15, -0.1) is 0 Å². The molecule has 144 valence electrons. The first kappa shape index (κ1) is 18.2. The fraction of sp³-hybridized carbons (Fsp3) is 0.238. The summed E-state index contributed by atoms with van der Waals surface area (Å²) in [5.74, 6) is -2.40. The van der Waals surface area contributed by atoms with E-state index in [4.69, 9.17) is 0 Å². The molecule has 0 unspecified atom stereocenters. The van der Waals surface area contributed by atoms with Gasteiger partial charge in [0.15, 0.2) is 0 Å². The number of benzene rings is 2. The first-order chi connectivity index (χ1) is 13.5. The average molecular weight is 384 g/mol. The van der Waals surface area contributed by atoms with E-state index in [2.05, 4.69) is 0 Å². The molecule has 0 saturated carbocycles. The van der Waals surface area contributed by atoms with Gasteiger partial charge in [0.1, 0.15) is 17.2 Å². The monoisotopic (exact) mass is 384 g/mol. The van der Waals surface area contributed by atoms with E-state index in [0.717, 1.165) is 18.9 Å². The third-order valence-corrected chi connectivity index (χ3v) is 5.12. The largest absolute Gasteiger partial charge is 0.477 e. The second-order valence-corrected chi connectivity index (χ2v) is 6.91. The number of halogens is 2. The van der Waals surface area contributed by atoms with Crippen molar-refractivity contribution in [3.8, 4) is 0 Å². The summed E-state index contributed by atoms with van der Waals surface area (Å²) in [4.78, 5) is 26.0. The lowest BCUT2D eigenvalue weighted by Crippen LogP contribution is -2.22. The van der Waals surface area contributed by atoms with Crippen LogP contribution in [0.2, 0.25) is 0 Å². The molecule has 0 bridgehead atoms. The predicted molar refractivity (Wildman–Crippen MR) is 102 cm³/mol. The van der Waals surface area contributed by atoms with Gasteiger partial charge in [-0.25, -0.2) is 13.6 Å². The number of fused-ring (bicyclic) bond motifs is 1. The first-order valence-electron chi connectivity index (χ1n) is 9.04. The number of carboxylic acids is 1. The summed E-state index contributed by atoms with van der Waals surface area (Å²) < 4.78 is 30.4. The third-order valence-electron chi connectivity index (χ3n) is 5.12. The van der Waals surface area contributed by atoms with Crippen molar-refractivity contribution >= 4 is 22.6 Å². The van der Waals surface area contributed by atoms with E-state index in [1.807, 2.05) is 4.90 Å². The van der Waals surface area contributed by atoms with Gasteiger partial charge in [0.05, 0.1) is 17.7 Å². The minimum atomic E-state index is -1.40. The van der Waals surface area contributed by atoms with E-state index in [0.29, 0.717) is 29.9 Å². The fourth-order valence-electron chi connectivity index (χ4n) is 3.69. The van der Waals surface area contributed by atoms with Crippen molar-refractivity contribution in [1.82, 2.24) is 4.57 Å². The predicted octanol–water partition coefficient (Wildman–Crippen LogP) is 3.63. The first-order valence-corrected chi connectivity index (χ1v) is 9.04. The van der Waals surface area contributed by atoms with Crippen LogP contribution in [0.5, 0.6) is 0 Å². The molecule has 1 saturated heterocycles. The Labute approximate surface area is 159 Å². The van der Waals surface area contributed by atoms with E-state index in [9.17, 15) is 23.5 Å². The van der Waals surface area contributed by atoms with Gasteiger partial charge in [0, 0.05) is 30.2 Å². The molecule has 1 aromatic heterocycles. The molecule has 0 aliphatic carbocycles. The van der Waals surface area contributed by atoms with E-state index >= 15 is 0 Å². The van der Waals surface area contributed by atoms with Gasteiger partial charge in [-0.1, -0.05) is 18.2 Å². The molecule has 0 spiro atoms. The zero-order valence-electron chi connectivity index (χ0n) is 15.0. The van der Waals surface area contributed by atoms with Crippen LogP contribution >= 0.6 is 0 Å². The van der Waals surface area contributed by atoms with Crippen LogP contribution in [0.4, 0.5) is 14.5 Å². The van der Waals surface area contributed by atoms with Gasteiger partial charge in [0.2, 0.25) is 5.43 Å². The molecule has 7 heteroatoms. The van der Waals surface area contributed by atoms with Crippen LogP contribution in [-0.2, 0) is 6.54 Å². The van der Waals surface area contributed by atoms with Crippen LogP contribution in [0.3, 0.4) is 0 Å². The summed E-state index contributed by atoms with van der Waals surface area (Å²) in [6, 6.07) is 8.79. The van der Waals surface area contributed by atoms with Crippen molar-refractivity contribution in [3.63, 3.8) is 0 Å². The van der Waals surface area contributed by atoms with Gasteiger partial charge in [0.25, 0.3) is 0 Å². The Hall–Kier alpha value is -3.22. The van der Waals surface area contributed by atoms with Crippen LogP contribution in [0.15, 0.2) is 47.4 Å². The molecule has 1 aliphatic heterocycles. The van der Waals surface area contributed by atoms with Crippen LogP contribution in [-0.4, -0.2) is 28.7 Å². The third kappa shape index (κ3) is 3.13. The van der Waals surface area contributed by atoms with Gasteiger partial charge in [-0.3, -0.25) is 4.79 Å². The standard InChI is InChI=1S/C21H18F2N2O3/c22-16-6-2-1-5-13(16)11-25-12-15(21(27)28)20(26)14-9-17(23)19(10-18(14)25)24-7-3-4-8-24/h1-2,5-6,9-10,12H,3-4,7-8,11H2,(H,27,28). The molecular formula is C21H18F2N2O3. The Balaban J connectivity index is 1.96. The highest BCUT2D eigenvalue weighted by Gasteiger charge is 2.21. The summed E-state index contributed by atoms with van der Waals surface area (Å²) in [5, 5.41) is 9.35. The fourth-order valence-corrected chi connectivity index (χ4v) is 3.69. The minimum Gasteiger partial charge on any atom is -0.477 e. The van der Waals surface area contributed by atoms with Gasteiger partial charge >= 0.3 is 5.97 Å². The number of hydrogen-bond donors (Lipinski definition) is 1. The quantitative estimate of drug-likeness (QED) is 0.746. The normalized spacial score (nSPS) is 14.0. The number of carbonyl (C=O) groups is 1. The van der Waals surface area contributed by atoms with E-state index in [1.54, 1.807) is 24.3 Å². The molecule has 1 fully saturated rings. The number of aromatic carboxylic acids is 1. The summed E-state index contributed by atoms with van der Waals surface area (Å²) in [5.41, 5.74) is -0.136. The summed E-state index contributed by atoms with van der Waals surface area (Å²) >= 11 is 0. The average Bonchev–Trinajstić information content (AvgIpc) is 3.19. The lowest BCUT2D eigenvalue weighted by atomic mass is 10.1. The summed E-state index contributed by atoms with van der Waals surface area (Å²) in [6.07, 6.45) is 3.11. The van der Waals surface area contributed by atoms with E-state index < -0.39 is 28.6 Å². The van der Waals surface area contributed by atoms with Crippen LogP contribution in [0.25, 0.3) is 10.9 Å². The number of hydrogen-bond acceptors (Lipinski definition) is 3. The molecule has 1 N–H and O–H groups in total. The van der Waals surface area contributed by atoms with Crippen molar-refractivity contribution in [3.05, 3.63) is 75.6 Å². The lowest BCUT2D eigenvalue weighted by molar-refractivity contribution is 0.0695. The second-order valence-electron chi connectivity index (χ2n) is 6.91. The number of anilines is 1. The van der Waals surface area contributed by atoms with Crippen LogP contribution in [0, 0.1) is 11.6 Å². The SMILES string of the molecule is O=C(O)c1cn(Cc2ccccc2F)c2cc(N3CCCC3)c(F)cc2c1=O. The minimum absolute atomic E-state index is 0.0226. The van der Waals surface area contributed by atoms with Crippen molar-refractivity contribution in [2.45, 2.75) is 19.4 Å². The molecule has 2 aromatic carbocycles. The van der Waals surface area contributed by atoms with Gasteiger partial charge in [-0.05, 0) is 31.0 Å². The highest BCUT2D eigenvalue weighted by Crippen LogP contribution is 2.28. The Kier molecular flexibility index (Phi) is 4.58. The summed E-state index contributed by atoms with van der Waals surface area (Å²) in [7, 11) is 0. The number of carboxylic acid groups (broad SMARTS) is 1.